The van der Waals surface area contributed by atoms with E-state index in [0.29, 0.717) is 0 Å². The number of ether oxygens (including phenoxy) is 1. The third kappa shape index (κ3) is 15.4. The maximum atomic E-state index is 10.1. The molecule has 1 aliphatic rings. The maximum Gasteiger partial charge on any atom is 0.111 e. The highest BCUT2D eigenvalue weighted by atomic mass is 16.5. The zero-order valence-electron chi connectivity index (χ0n) is 22.2. The Morgan fingerprint density at radius 1 is 0.576 bits per heavy atom. The van der Waals surface area contributed by atoms with Gasteiger partial charge >= 0.3 is 0 Å². The van der Waals surface area contributed by atoms with Crippen molar-refractivity contribution in [2.24, 2.45) is 5.92 Å². The summed E-state index contributed by atoms with van der Waals surface area (Å²) in [6, 6.07) is 0. The smallest absolute Gasteiger partial charge is 0.111 e. The lowest BCUT2D eigenvalue weighted by Gasteiger charge is -2.38. The second-order valence-corrected chi connectivity index (χ2v) is 10.8. The molecular formula is C29H58O4. The first-order chi connectivity index (χ1) is 16.1. The topological polar surface area (TPSA) is 69.9 Å². The molecule has 1 aliphatic heterocycles. The van der Waals surface area contributed by atoms with Crippen molar-refractivity contribution in [2.75, 3.05) is 6.61 Å². The predicted molar refractivity (Wildman–Crippen MR) is 140 cm³/mol. The van der Waals surface area contributed by atoms with Crippen molar-refractivity contribution < 1.29 is 20.1 Å². The van der Waals surface area contributed by atoms with E-state index >= 15 is 0 Å². The number of hydrogen-bond acceptors (Lipinski definition) is 4. The summed E-state index contributed by atoms with van der Waals surface area (Å²) in [5.74, 6) is 0.206. The average molecular weight is 471 g/mol. The summed E-state index contributed by atoms with van der Waals surface area (Å²) >= 11 is 0. The highest BCUT2D eigenvalue weighted by molar-refractivity contribution is 4.88. The zero-order valence-corrected chi connectivity index (χ0v) is 22.2. The lowest BCUT2D eigenvalue weighted by molar-refractivity contribution is -0.199. The van der Waals surface area contributed by atoms with Crippen molar-refractivity contribution in [1.82, 2.24) is 0 Å². The van der Waals surface area contributed by atoms with Crippen LogP contribution >= 0.6 is 0 Å². The molecule has 0 aromatic heterocycles. The molecule has 1 heterocycles. The van der Waals surface area contributed by atoms with Gasteiger partial charge in [-0.2, -0.15) is 0 Å². The summed E-state index contributed by atoms with van der Waals surface area (Å²) in [5.41, 5.74) is 0. The van der Waals surface area contributed by atoms with Gasteiger partial charge in [0.05, 0.1) is 12.7 Å². The average Bonchev–Trinajstić information content (AvgIpc) is 2.81. The first kappa shape index (κ1) is 30.9. The highest BCUT2D eigenvalue weighted by Gasteiger charge is 2.39. The van der Waals surface area contributed by atoms with Crippen LogP contribution in [0.3, 0.4) is 0 Å². The molecule has 1 fully saturated rings. The van der Waals surface area contributed by atoms with Gasteiger partial charge in [0.25, 0.3) is 0 Å². The number of aliphatic hydroxyl groups is 3. The normalized spacial score (nSPS) is 24.3. The van der Waals surface area contributed by atoms with Crippen molar-refractivity contribution in [3.63, 3.8) is 0 Å². The molecule has 33 heavy (non-hydrogen) atoms. The monoisotopic (exact) mass is 470 g/mol. The summed E-state index contributed by atoms with van der Waals surface area (Å²) in [5, 5.41) is 29.5. The molecule has 0 amide bonds. The summed E-state index contributed by atoms with van der Waals surface area (Å²) in [6.07, 6.45) is 25.4. The minimum absolute atomic E-state index is 0.118. The van der Waals surface area contributed by atoms with Crippen LogP contribution in [-0.2, 0) is 4.74 Å². The molecule has 1 saturated heterocycles. The van der Waals surface area contributed by atoms with E-state index in [9.17, 15) is 15.3 Å². The SMILES string of the molecule is CCCCCCCCCCCCCCCCCCCCCCC(C)C1OC[C@@H](O)[C@H](O)[C@H]1O. The lowest BCUT2D eigenvalue weighted by Crippen LogP contribution is -2.54. The Bertz CT molecular complexity index is 416. The van der Waals surface area contributed by atoms with Crippen molar-refractivity contribution in [2.45, 2.75) is 173 Å². The van der Waals surface area contributed by atoms with Gasteiger partial charge in [0.15, 0.2) is 0 Å². The Hall–Kier alpha value is -0.160. The molecular weight excluding hydrogens is 412 g/mol. The fourth-order valence-corrected chi connectivity index (χ4v) is 5.22. The molecule has 0 saturated carbocycles. The largest absolute Gasteiger partial charge is 0.388 e. The van der Waals surface area contributed by atoms with E-state index in [4.69, 9.17) is 4.74 Å². The molecule has 0 aliphatic carbocycles. The van der Waals surface area contributed by atoms with Crippen LogP contribution < -0.4 is 0 Å². The second kappa shape index (κ2) is 21.1. The quantitative estimate of drug-likeness (QED) is 0.145. The van der Waals surface area contributed by atoms with Gasteiger partial charge in [-0.15, -0.1) is 0 Å². The van der Waals surface area contributed by atoms with Crippen molar-refractivity contribution >= 4 is 0 Å². The Kier molecular flexibility index (Phi) is 19.8. The van der Waals surface area contributed by atoms with Gasteiger partial charge in [-0.05, 0) is 12.3 Å². The molecule has 3 N–H and O–H groups in total. The number of unbranched alkanes of at least 4 members (excludes halogenated alkanes) is 19. The summed E-state index contributed by atoms with van der Waals surface area (Å²) in [7, 11) is 0. The molecule has 5 atom stereocenters. The van der Waals surface area contributed by atoms with Crippen LogP contribution in [0.1, 0.15) is 149 Å². The van der Waals surface area contributed by atoms with Gasteiger partial charge < -0.3 is 20.1 Å². The molecule has 0 spiro atoms. The van der Waals surface area contributed by atoms with E-state index in [-0.39, 0.29) is 18.6 Å². The Labute approximate surface area is 205 Å². The standard InChI is InChI=1S/C29H58O4/c1-3-4-5-6-7-8-9-10-11-12-13-14-15-16-17-18-19-20-21-22-23-25(2)29-28(32)27(31)26(30)24-33-29/h25-32H,3-24H2,1-2H3/t25?,26-,27+,28-,29?/m1/s1. The van der Waals surface area contributed by atoms with Crippen molar-refractivity contribution in [1.29, 1.82) is 0 Å². The van der Waals surface area contributed by atoms with E-state index in [1.807, 2.05) is 0 Å². The predicted octanol–water partition coefficient (Wildman–Crippen LogP) is 7.32. The molecule has 4 heteroatoms. The fraction of sp³-hybridized carbons (Fsp3) is 1.00. The molecule has 0 aromatic carbocycles. The molecule has 198 valence electrons. The van der Waals surface area contributed by atoms with Gasteiger partial charge in [0.2, 0.25) is 0 Å². The van der Waals surface area contributed by atoms with E-state index in [2.05, 4.69) is 13.8 Å². The first-order valence-corrected chi connectivity index (χ1v) is 14.7. The van der Waals surface area contributed by atoms with Crippen LogP contribution in [0.15, 0.2) is 0 Å². The van der Waals surface area contributed by atoms with Crippen LogP contribution in [0.2, 0.25) is 0 Å². The highest BCUT2D eigenvalue weighted by Crippen LogP contribution is 2.25. The third-order valence-electron chi connectivity index (χ3n) is 7.61. The van der Waals surface area contributed by atoms with E-state index in [0.717, 1.165) is 12.8 Å². The van der Waals surface area contributed by atoms with Crippen LogP contribution in [0.25, 0.3) is 0 Å². The van der Waals surface area contributed by atoms with E-state index in [1.165, 1.54) is 122 Å². The molecule has 2 unspecified atom stereocenters. The Morgan fingerprint density at radius 3 is 1.33 bits per heavy atom. The number of aliphatic hydroxyl groups excluding tert-OH is 3. The summed E-state index contributed by atoms with van der Waals surface area (Å²) in [4.78, 5) is 0. The molecule has 1 rings (SSSR count). The molecule has 4 nitrogen and oxygen atoms in total. The van der Waals surface area contributed by atoms with Gasteiger partial charge in [0, 0.05) is 0 Å². The third-order valence-corrected chi connectivity index (χ3v) is 7.61. The van der Waals surface area contributed by atoms with Crippen LogP contribution in [-0.4, -0.2) is 46.3 Å². The molecule has 0 bridgehead atoms. The van der Waals surface area contributed by atoms with E-state index < -0.39 is 18.3 Å². The Balaban J connectivity index is 1.78. The van der Waals surface area contributed by atoms with Gasteiger partial charge in [-0.3, -0.25) is 0 Å². The maximum absolute atomic E-state index is 10.1. The van der Waals surface area contributed by atoms with Crippen LogP contribution in [0.4, 0.5) is 0 Å². The van der Waals surface area contributed by atoms with E-state index in [1.54, 1.807) is 0 Å². The van der Waals surface area contributed by atoms with Crippen LogP contribution in [0, 0.1) is 5.92 Å². The molecule has 0 radical (unpaired) electrons. The van der Waals surface area contributed by atoms with Crippen LogP contribution in [0.5, 0.6) is 0 Å². The number of rotatable bonds is 22. The zero-order chi connectivity index (χ0) is 24.2. The second-order valence-electron chi connectivity index (χ2n) is 10.8. The molecule has 0 aromatic rings. The minimum Gasteiger partial charge on any atom is -0.388 e. The number of hydrogen-bond donors (Lipinski definition) is 3. The Morgan fingerprint density at radius 2 is 0.939 bits per heavy atom. The first-order valence-electron chi connectivity index (χ1n) is 14.7. The van der Waals surface area contributed by atoms with Crippen molar-refractivity contribution in [3.8, 4) is 0 Å². The van der Waals surface area contributed by atoms with Gasteiger partial charge in [-0.1, -0.05) is 142 Å². The minimum atomic E-state index is -1.08. The van der Waals surface area contributed by atoms with Gasteiger partial charge in [0.1, 0.15) is 18.3 Å². The summed E-state index contributed by atoms with van der Waals surface area (Å²) in [6.45, 7) is 4.48. The summed E-state index contributed by atoms with van der Waals surface area (Å²) < 4.78 is 5.57. The fourth-order valence-electron chi connectivity index (χ4n) is 5.22. The van der Waals surface area contributed by atoms with Crippen molar-refractivity contribution in [3.05, 3.63) is 0 Å². The van der Waals surface area contributed by atoms with Gasteiger partial charge in [-0.25, -0.2) is 0 Å². The lowest BCUT2D eigenvalue weighted by atomic mass is 9.88.